The lowest BCUT2D eigenvalue weighted by molar-refractivity contribution is -0.127. The van der Waals surface area contributed by atoms with E-state index in [2.05, 4.69) is 0 Å². The highest BCUT2D eigenvalue weighted by Crippen LogP contribution is 2.25. The van der Waals surface area contributed by atoms with E-state index in [0.29, 0.717) is 6.42 Å². The topological polar surface area (TPSA) is 131 Å². The average Bonchev–Trinajstić information content (AvgIpc) is 2.48. The van der Waals surface area contributed by atoms with Gasteiger partial charge in [-0.15, -0.1) is 0 Å². The van der Waals surface area contributed by atoms with E-state index in [4.69, 9.17) is 20.1 Å². The van der Waals surface area contributed by atoms with Crippen molar-refractivity contribution >= 4 is 0 Å². The third-order valence-corrected chi connectivity index (χ3v) is 3.53. The Morgan fingerprint density at radius 2 is 1.32 bits per heavy atom. The molecular formula is C12H26O7. The van der Waals surface area contributed by atoms with Crippen LogP contribution in [-0.4, -0.2) is 83.0 Å². The molecule has 0 heterocycles. The van der Waals surface area contributed by atoms with Gasteiger partial charge in [-0.05, 0) is 6.42 Å². The zero-order chi connectivity index (χ0) is 14.9. The summed E-state index contributed by atoms with van der Waals surface area (Å²) in [6, 6.07) is 0. The van der Waals surface area contributed by atoms with Crippen LogP contribution in [0.25, 0.3) is 0 Å². The van der Waals surface area contributed by atoms with Crippen LogP contribution < -0.4 is 0 Å². The fourth-order valence-corrected chi connectivity index (χ4v) is 1.64. The van der Waals surface area contributed by atoms with Crippen LogP contribution in [0.15, 0.2) is 0 Å². The molecule has 0 amide bonds. The lowest BCUT2D eigenvalue weighted by Crippen LogP contribution is -2.47. The van der Waals surface area contributed by atoms with Gasteiger partial charge in [-0.25, -0.2) is 0 Å². The molecule has 116 valence electrons. The third-order valence-electron chi connectivity index (χ3n) is 3.53. The maximum atomic E-state index is 9.82. The molecule has 0 spiro atoms. The Balaban J connectivity index is 4.57. The van der Waals surface area contributed by atoms with Crippen LogP contribution in [0.4, 0.5) is 0 Å². The van der Waals surface area contributed by atoms with E-state index in [1.54, 1.807) is 6.92 Å². The molecule has 1 unspecified atom stereocenters. The van der Waals surface area contributed by atoms with E-state index < -0.39 is 50.0 Å². The predicted octanol–water partition coefficient (Wildman–Crippen LogP) is -2.29. The molecule has 0 rings (SSSR count). The highest BCUT2D eigenvalue weighted by molar-refractivity contribution is 4.86. The van der Waals surface area contributed by atoms with Crippen LogP contribution in [0.5, 0.6) is 0 Å². The minimum atomic E-state index is -1.19. The highest BCUT2D eigenvalue weighted by atomic mass is 16.5. The molecule has 1 atom stereocenters. The first-order valence-electron chi connectivity index (χ1n) is 6.30. The van der Waals surface area contributed by atoms with Crippen molar-refractivity contribution in [3.63, 3.8) is 0 Å². The number of aliphatic hydroxyl groups excluding tert-OH is 6. The molecule has 0 radical (unpaired) electrons. The Bertz CT molecular complexity index is 218. The Hall–Kier alpha value is -0.280. The molecule has 0 saturated heterocycles. The molecule has 0 aliphatic carbocycles. The second-order valence-corrected chi connectivity index (χ2v) is 5.07. The zero-order valence-corrected chi connectivity index (χ0v) is 11.3. The summed E-state index contributed by atoms with van der Waals surface area (Å²) in [5.41, 5.74) is -2.37. The van der Waals surface area contributed by atoms with Crippen molar-refractivity contribution in [1.82, 2.24) is 0 Å². The SMILES string of the molecule is CCC(O)C(CO)(CO)COCC(CO)(CO)CO. The van der Waals surface area contributed by atoms with Gasteiger partial charge in [-0.1, -0.05) is 6.92 Å². The number of hydrogen-bond donors (Lipinski definition) is 6. The van der Waals surface area contributed by atoms with Crippen LogP contribution in [0.1, 0.15) is 13.3 Å². The number of rotatable bonds is 11. The average molecular weight is 282 g/mol. The molecule has 0 fully saturated rings. The van der Waals surface area contributed by atoms with Crippen LogP contribution in [-0.2, 0) is 4.74 Å². The quantitative estimate of drug-likeness (QED) is 0.251. The molecular weight excluding hydrogens is 256 g/mol. The van der Waals surface area contributed by atoms with Gasteiger partial charge in [0.1, 0.15) is 0 Å². The lowest BCUT2D eigenvalue weighted by atomic mass is 9.83. The molecule has 0 aromatic heterocycles. The summed E-state index contributed by atoms with van der Waals surface area (Å²) < 4.78 is 5.28. The molecule has 19 heavy (non-hydrogen) atoms. The standard InChI is InChI=1S/C12H26O7/c1-2-10(18)12(6-16,7-17)9-19-8-11(3-13,4-14)5-15/h10,13-18H,2-9H2,1H3. The van der Waals surface area contributed by atoms with E-state index >= 15 is 0 Å². The maximum absolute atomic E-state index is 9.82. The van der Waals surface area contributed by atoms with Crippen molar-refractivity contribution < 1.29 is 35.4 Å². The summed E-state index contributed by atoms with van der Waals surface area (Å²) >= 11 is 0. The maximum Gasteiger partial charge on any atom is 0.0660 e. The molecule has 0 aliphatic rings. The predicted molar refractivity (Wildman–Crippen MR) is 67.4 cm³/mol. The summed E-state index contributed by atoms with van der Waals surface area (Å²) in [6.07, 6.45) is -0.593. The zero-order valence-electron chi connectivity index (χ0n) is 11.3. The summed E-state index contributed by atoms with van der Waals surface area (Å²) in [7, 11) is 0. The van der Waals surface area contributed by atoms with Gasteiger partial charge in [-0.2, -0.15) is 0 Å². The van der Waals surface area contributed by atoms with Crippen molar-refractivity contribution in [2.45, 2.75) is 19.4 Å². The molecule has 6 N–H and O–H groups in total. The van der Waals surface area contributed by atoms with Gasteiger partial charge in [0, 0.05) is 0 Å². The van der Waals surface area contributed by atoms with Crippen LogP contribution >= 0.6 is 0 Å². The van der Waals surface area contributed by atoms with E-state index in [0.717, 1.165) is 0 Å². The molecule has 0 aliphatic heterocycles. The first-order valence-corrected chi connectivity index (χ1v) is 6.30. The van der Waals surface area contributed by atoms with Crippen LogP contribution in [0, 0.1) is 10.8 Å². The van der Waals surface area contributed by atoms with Crippen LogP contribution in [0.2, 0.25) is 0 Å². The van der Waals surface area contributed by atoms with Gasteiger partial charge < -0.3 is 35.4 Å². The van der Waals surface area contributed by atoms with Gasteiger partial charge >= 0.3 is 0 Å². The van der Waals surface area contributed by atoms with Crippen molar-refractivity contribution in [2.24, 2.45) is 10.8 Å². The van der Waals surface area contributed by atoms with E-state index in [1.807, 2.05) is 0 Å². The fraction of sp³-hybridized carbons (Fsp3) is 1.00. The second kappa shape index (κ2) is 8.80. The van der Waals surface area contributed by atoms with Gasteiger partial charge in [0.05, 0.1) is 63.2 Å². The molecule has 0 bridgehead atoms. The molecule has 7 nitrogen and oxygen atoms in total. The first-order chi connectivity index (χ1) is 8.99. The Morgan fingerprint density at radius 3 is 1.63 bits per heavy atom. The van der Waals surface area contributed by atoms with E-state index in [1.165, 1.54) is 0 Å². The van der Waals surface area contributed by atoms with Gasteiger partial charge in [0.25, 0.3) is 0 Å². The van der Waals surface area contributed by atoms with Gasteiger partial charge in [0.2, 0.25) is 0 Å². The Labute approximate surface area is 113 Å². The highest BCUT2D eigenvalue weighted by Gasteiger charge is 2.38. The normalized spacial score (nSPS) is 14.7. The lowest BCUT2D eigenvalue weighted by Gasteiger charge is -2.35. The summed E-state index contributed by atoms with van der Waals surface area (Å²) in [5, 5.41) is 55.9. The molecule has 0 aromatic carbocycles. The van der Waals surface area contributed by atoms with Crippen molar-refractivity contribution in [3.05, 3.63) is 0 Å². The van der Waals surface area contributed by atoms with Gasteiger partial charge in [-0.3, -0.25) is 0 Å². The van der Waals surface area contributed by atoms with Crippen LogP contribution in [0.3, 0.4) is 0 Å². The largest absolute Gasteiger partial charge is 0.396 e. The second-order valence-electron chi connectivity index (χ2n) is 5.07. The molecule has 0 aromatic rings. The van der Waals surface area contributed by atoms with Crippen molar-refractivity contribution in [1.29, 1.82) is 0 Å². The van der Waals surface area contributed by atoms with E-state index in [9.17, 15) is 15.3 Å². The third kappa shape index (κ3) is 4.64. The summed E-state index contributed by atoms with van der Waals surface area (Å²) in [6.45, 7) is -0.855. The number of ether oxygens (including phenoxy) is 1. The van der Waals surface area contributed by atoms with Crippen molar-refractivity contribution in [3.8, 4) is 0 Å². The Morgan fingerprint density at radius 1 is 0.842 bits per heavy atom. The summed E-state index contributed by atoms with van der Waals surface area (Å²) in [4.78, 5) is 0. The minimum absolute atomic E-state index is 0.142. The van der Waals surface area contributed by atoms with E-state index in [-0.39, 0.29) is 13.2 Å². The molecule has 7 heteroatoms. The number of hydrogen-bond acceptors (Lipinski definition) is 7. The molecule has 0 saturated carbocycles. The van der Waals surface area contributed by atoms with Crippen molar-refractivity contribution in [2.75, 3.05) is 46.2 Å². The smallest absolute Gasteiger partial charge is 0.0660 e. The number of aliphatic hydroxyl groups is 6. The Kier molecular flexibility index (Phi) is 8.67. The fourth-order valence-electron chi connectivity index (χ4n) is 1.64. The summed E-state index contributed by atoms with van der Waals surface area (Å²) in [5.74, 6) is 0. The minimum Gasteiger partial charge on any atom is -0.396 e. The first kappa shape index (κ1) is 18.7. The van der Waals surface area contributed by atoms with Gasteiger partial charge in [0.15, 0.2) is 0 Å². The monoisotopic (exact) mass is 282 g/mol.